The first-order valence-electron chi connectivity index (χ1n) is 6.08. The average molecular weight is 320 g/mol. The summed E-state index contributed by atoms with van der Waals surface area (Å²) in [5, 5.41) is 6.90. The van der Waals surface area contributed by atoms with Crippen molar-refractivity contribution in [2.24, 2.45) is 5.92 Å². The summed E-state index contributed by atoms with van der Waals surface area (Å²) in [5.41, 5.74) is 0.672. The Morgan fingerprint density at radius 2 is 2.28 bits per heavy atom. The fraction of sp³-hybridized carbons (Fsp3) is 0.667. The van der Waals surface area contributed by atoms with E-state index >= 15 is 0 Å². The van der Waals surface area contributed by atoms with Crippen LogP contribution in [-0.2, 0) is 11.3 Å². The summed E-state index contributed by atoms with van der Waals surface area (Å²) < 4.78 is 13.7. The molecule has 0 aliphatic carbocycles. The number of unbranched alkanes of at least 4 members (excludes halogenated alkanes) is 1. The molecule has 18 heavy (non-hydrogen) atoms. The van der Waals surface area contributed by atoms with Gasteiger partial charge in [-0.25, -0.2) is 0 Å². The van der Waals surface area contributed by atoms with Crippen molar-refractivity contribution in [1.29, 1.82) is 0 Å². The lowest BCUT2D eigenvalue weighted by Gasteiger charge is -2.12. The quantitative estimate of drug-likeness (QED) is 0.620. The molecule has 0 aromatic carbocycles. The van der Waals surface area contributed by atoms with Gasteiger partial charge in [-0.2, -0.15) is 5.10 Å². The number of nitrogens with one attached hydrogen (secondary N) is 1. The summed E-state index contributed by atoms with van der Waals surface area (Å²) in [6.45, 7) is 4.31. The number of rotatable bonds is 7. The Labute approximate surface area is 115 Å². The van der Waals surface area contributed by atoms with Crippen LogP contribution in [0.5, 0.6) is 0 Å². The summed E-state index contributed by atoms with van der Waals surface area (Å²) in [5.74, 6) is 0.151. The molecule has 1 aromatic rings. The van der Waals surface area contributed by atoms with Gasteiger partial charge in [0.2, 0.25) is 5.91 Å². The standard InChI is InChI=1S/C12H19BrFN3O/c1-9(2)11(13)12(18)16-10-7-15-17(8-10)6-4-3-5-14/h7-9,11H,3-6H2,1-2H3,(H,16,18)/t11-/m0/s1. The fourth-order valence-corrected chi connectivity index (χ4v) is 1.55. The van der Waals surface area contributed by atoms with Crippen molar-refractivity contribution < 1.29 is 9.18 Å². The number of aryl methyl sites for hydroxylation is 1. The van der Waals surface area contributed by atoms with E-state index in [1.165, 1.54) is 0 Å². The van der Waals surface area contributed by atoms with Gasteiger partial charge in [0.05, 0.1) is 23.4 Å². The maximum atomic E-state index is 11.9. The first kappa shape index (κ1) is 15.1. The number of amides is 1. The van der Waals surface area contributed by atoms with E-state index in [4.69, 9.17) is 0 Å². The molecular formula is C12H19BrFN3O. The Balaban J connectivity index is 2.46. The minimum atomic E-state index is -0.301. The van der Waals surface area contributed by atoms with Crippen LogP contribution < -0.4 is 5.32 Å². The van der Waals surface area contributed by atoms with Crippen molar-refractivity contribution in [2.45, 2.75) is 38.1 Å². The van der Waals surface area contributed by atoms with Gasteiger partial charge in [0.25, 0.3) is 0 Å². The molecule has 6 heteroatoms. The molecule has 1 heterocycles. The molecule has 1 aromatic heterocycles. The Kier molecular flexibility index (Phi) is 6.32. The molecule has 1 N–H and O–H groups in total. The van der Waals surface area contributed by atoms with E-state index in [1.807, 2.05) is 13.8 Å². The third-order valence-electron chi connectivity index (χ3n) is 2.51. The molecule has 0 saturated heterocycles. The van der Waals surface area contributed by atoms with Crippen molar-refractivity contribution in [3.8, 4) is 0 Å². The number of hydrogen-bond acceptors (Lipinski definition) is 2. The molecule has 0 spiro atoms. The molecule has 4 nitrogen and oxygen atoms in total. The maximum absolute atomic E-state index is 11.9. The van der Waals surface area contributed by atoms with Crippen LogP contribution in [0.25, 0.3) is 0 Å². The lowest BCUT2D eigenvalue weighted by molar-refractivity contribution is -0.116. The highest BCUT2D eigenvalue weighted by Crippen LogP contribution is 2.15. The van der Waals surface area contributed by atoms with Crippen LogP contribution in [0.4, 0.5) is 10.1 Å². The van der Waals surface area contributed by atoms with Gasteiger partial charge in [-0.1, -0.05) is 29.8 Å². The van der Waals surface area contributed by atoms with Crippen molar-refractivity contribution in [1.82, 2.24) is 9.78 Å². The number of anilines is 1. The van der Waals surface area contributed by atoms with Crippen LogP contribution in [0, 0.1) is 5.92 Å². The van der Waals surface area contributed by atoms with Gasteiger partial charge in [0.1, 0.15) is 0 Å². The third kappa shape index (κ3) is 4.76. The monoisotopic (exact) mass is 319 g/mol. The van der Waals surface area contributed by atoms with Crippen molar-refractivity contribution in [3.05, 3.63) is 12.4 Å². The van der Waals surface area contributed by atoms with Crippen LogP contribution in [0.1, 0.15) is 26.7 Å². The van der Waals surface area contributed by atoms with Crippen molar-refractivity contribution >= 4 is 27.5 Å². The minimum absolute atomic E-state index is 0.0756. The molecule has 1 rings (SSSR count). The normalized spacial score (nSPS) is 12.7. The molecule has 1 atom stereocenters. The van der Waals surface area contributed by atoms with Crippen LogP contribution in [-0.4, -0.2) is 27.2 Å². The maximum Gasteiger partial charge on any atom is 0.238 e. The van der Waals surface area contributed by atoms with Gasteiger partial charge in [0, 0.05) is 12.7 Å². The van der Waals surface area contributed by atoms with Gasteiger partial charge in [-0.15, -0.1) is 0 Å². The summed E-state index contributed by atoms with van der Waals surface area (Å²) in [6, 6.07) is 0. The van der Waals surface area contributed by atoms with E-state index in [0.29, 0.717) is 18.7 Å². The number of halogens is 2. The van der Waals surface area contributed by atoms with E-state index in [9.17, 15) is 9.18 Å². The van der Waals surface area contributed by atoms with E-state index in [1.54, 1.807) is 17.1 Å². The topological polar surface area (TPSA) is 46.9 Å². The van der Waals surface area contributed by atoms with E-state index in [-0.39, 0.29) is 23.3 Å². The van der Waals surface area contributed by atoms with Gasteiger partial charge < -0.3 is 5.32 Å². The smallest absolute Gasteiger partial charge is 0.238 e. The lowest BCUT2D eigenvalue weighted by atomic mass is 10.1. The second kappa shape index (κ2) is 7.51. The number of carbonyl (C=O) groups is 1. The van der Waals surface area contributed by atoms with Crippen molar-refractivity contribution in [3.63, 3.8) is 0 Å². The van der Waals surface area contributed by atoms with Crippen molar-refractivity contribution in [2.75, 3.05) is 12.0 Å². The predicted molar refractivity (Wildman–Crippen MR) is 73.6 cm³/mol. The number of carbonyl (C=O) groups excluding carboxylic acids is 1. The Morgan fingerprint density at radius 3 is 2.89 bits per heavy atom. The summed E-state index contributed by atoms with van der Waals surface area (Å²) in [7, 11) is 0. The second-order valence-corrected chi connectivity index (χ2v) is 5.51. The Bertz CT molecular complexity index is 381. The number of alkyl halides is 2. The average Bonchev–Trinajstić information content (AvgIpc) is 2.76. The molecule has 1 amide bonds. The highest BCUT2D eigenvalue weighted by Gasteiger charge is 2.18. The van der Waals surface area contributed by atoms with Crippen LogP contribution in [0.15, 0.2) is 12.4 Å². The SMILES string of the molecule is CC(C)[C@H](Br)C(=O)Nc1cnn(CCCCF)c1. The van der Waals surface area contributed by atoms with E-state index in [0.717, 1.165) is 6.42 Å². The fourth-order valence-electron chi connectivity index (χ4n) is 1.43. The van der Waals surface area contributed by atoms with E-state index in [2.05, 4.69) is 26.3 Å². The highest BCUT2D eigenvalue weighted by molar-refractivity contribution is 9.10. The molecule has 0 unspecified atom stereocenters. The lowest BCUT2D eigenvalue weighted by Crippen LogP contribution is -2.26. The molecule has 0 radical (unpaired) electrons. The van der Waals surface area contributed by atoms with Crippen LogP contribution in [0.2, 0.25) is 0 Å². The zero-order chi connectivity index (χ0) is 13.5. The van der Waals surface area contributed by atoms with Crippen LogP contribution >= 0.6 is 15.9 Å². The number of hydrogen-bond donors (Lipinski definition) is 1. The Hall–Kier alpha value is -0.910. The molecule has 0 aliphatic heterocycles. The number of aromatic nitrogens is 2. The third-order valence-corrected chi connectivity index (χ3v) is 3.98. The van der Waals surface area contributed by atoms with Gasteiger partial charge in [-0.3, -0.25) is 13.9 Å². The molecule has 0 bridgehead atoms. The second-order valence-electron chi connectivity index (χ2n) is 4.52. The largest absolute Gasteiger partial charge is 0.322 e. The van der Waals surface area contributed by atoms with E-state index < -0.39 is 0 Å². The molecular weight excluding hydrogens is 301 g/mol. The summed E-state index contributed by atoms with van der Waals surface area (Å²) >= 11 is 3.34. The molecule has 102 valence electrons. The highest BCUT2D eigenvalue weighted by atomic mass is 79.9. The van der Waals surface area contributed by atoms with Crippen LogP contribution in [0.3, 0.4) is 0 Å². The Morgan fingerprint density at radius 1 is 1.56 bits per heavy atom. The molecule has 0 saturated carbocycles. The van der Waals surface area contributed by atoms with Gasteiger partial charge in [0.15, 0.2) is 0 Å². The van der Waals surface area contributed by atoms with Gasteiger partial charge >= 0.3 is 0 Å². The zero-order valence-electron chi connectivity index (χ0n) is 10.7. The predicted octanol–water partition coefficient (Wildman–Crippen LogP) is 2.99. The van der Waals surface area contributed by atoms with Gasteiger partial charge in [-0.05, 0) is 18.8 Å². The summed E-state index contributed by atoms with van der Waals surface area (Å²) in [4.78, 5) is 11.6. The number of nitrogens with zero attached hydrogens (tertiary/aromatic N) is 2. The first-order valence-corrected chi connectivity index (χ1v) is 6.99. The minimum Gasteiger partial charge on any atom is -0.322 e. The first-order chi connectivity index (χ1) is 8.54. The zero-order valence-corrected chi connectivity index (χ0v) is 12.3. The summed E-state index contributed by atoms with van der Waals surface area (Å²) in [6.07, 6.45) is 4.65. The molecule has 0 fully saturated rings. The molecule has 0 aliphatic rings.